The largest absolute Gasteiger partial charge is 0.370 e. The van der Waals surface area contributed by atoms with Crippen molar-refractivity contribution in [3.63, 3.8) is 0 Å². The van der Waals surface area contributed by atoms with E-state index in [1.807, 2.05) is 71.3 Å². The second-order valence-corrected chi connectivity index (χ2v) is 10.3. The minimum Gasteiger partial charge on any atom is -0.370 e. The lowest BCUT2D eigenvalue weighted by Crippen LogP contribution is -2.31. The van der Waals surface area contributed by atoms with Crippen LogP contribution < -0.4 is 15.5 Å². The highest BCUT2D eigenvalue weighted by Gasteiger charge is 2.27. The highest BCUT2D eigenvalue weighted by atomic mass is 16.2. The molecule has 210 valence electrons. The van der Waals surface area contributed by atoms with Gasteiger partial charge in [0, 0.05) is 43.1 Å². The Morgan fingerprint density at radius 2 is 1.64 bits per heavy atom. The van der Waals surface area contributed by atoms with Crippen molar-refractivity contribution in [3.8, 4) is 0 Å². The molecule has 1 aliphatic heterocycles. The monoisotopic (exact) mass is 556 g/mol. The van der Waals surface area contributed by atoms with Crippen LogP contribution in [0.25, 0.3) is 0 Å². The molecule has 5 aromatic rings. The molecule has 0 aliphatic carbocycles. The molecule has 2 amide bonds. The van der Waals surface area contributed by atoms with Crippen molar-refractivity contribution in [2.24, 2.45) is 0 Å². The number of fused-ring (bicyclic) bond motifs is 2. The third-order valence-electron chi connectivity index (χ3n) is 7.46. The number of amides is 2. The van der Waals surface area contributed by atoms with E-state index >= 15 is 0 Å². The zero-order valence-electron chi connectivity index (χ0n) is 23.2. The Hall–Kier alpha value is -5.24. The maximum absolute atomic E-state index is 13.8. The van der Waals surface area contributed by atoms with Crippen LogP contribution in [0.5, 0.6) is 0 Å². The van der Waals surface area contributed by atoms with E-state index < -0.39 is 0 Å². The third kappa shape index (κ3) is 6.07. The van der Waals surface area contributed by atoms with Gasteiger partial charge in [-0.2, -0.15) is 0 Å². The van der Waals surface area contributed by atoms with Gasteiger partial charge in [-0.25, -0.2) is 4.98 Å². The summed E-state index contributed by atoms with van der Waals surface area (Å²) in [6, 6.07) is 29.4. The smallest absolute Gasteiger partial charge is 0.268 e. The molecule has 8 nitrogen and oxygen atoms in total. The number of para-hydroxylation sites is 1. The van der Waals surface area contributed by atoms with Crippen molar-refractivity contribution in [2.45, 2.75) is 32.5 Å². The standard InChI is InChI=1S/C34H32N6O2/c41-33(38-21-26-11-6-18-35-20-26)31-16-15-29-24-40(30-13-5-4-12-28(30)23-39(29)31)34(42)27-14-17-32(37-22-27)36-19-7-10-25-8-2-1-3-9-25/h1-6,8-9,11-18,20,22H,7,10,19,21,23-24H2,(H,36,37)(H,38,41). The number of aryl methyl sites for hydroxylation is 1. The molecule has 0 unspecified atom stereocenters. The van der Waals surface area contributed by atoms with Crippen LogP contribution in [0, 0.1) is 0 Å². The van der Waals surface area contributed by atoms with Gasteiger partial charge in [0.25, 0.3) is 11.8 Å². The Kier molecular flexibility index (Phi) is 8.03. The molecule has 2 aromatic carbocycles. The lowest BCUT2D eigenvalue weighted by atomic mass is 10.1. The summed E-state index contributed by atoms with van der Waals surface area (Å²) < 4.78 is 1.99. The molecule has 6 rings (SSSR count). The molecule has 0 saturated carbocycles. The summed E-state index contributed by atoms with van der Waals surface area (Å²) in [6.07, 6.45) is 7.06. The Labute approximate surface area is 245 Å². The SMILES string of the molecule is O=C(NCc1cccnc1)c1ccc2n1Cc1ccccc1N(C(=O)c1ccc(NCCCc3ccccc3)nc1)C2. The van der Waals surface area contributed by atoms with Crippen molar-refractivity contribution < 1.29 is 9.59 Å². The van der Waals surface area contributed by atoms with Crippen molar-refractivity contribution >= 4 is 23.3 Å². The van der Waals surface area contributed by atoms with Crippen LogP contribution in [0.15, 0.2) is 110 Å². The number of carbonyl (C=O) groups is 2. The normalized spacial score (nSPS) is 12.1. The predicted octanol–water partition coefficient (Wildman–Crippen LogP) is 5.46. The Morgan fingerprint density at radius 3 is 2.45 bits per heavy atom. The molecule has 0 bridgehead atoms. The van der Waals surface area contributed by atoms with Crippen LogP contribution in [-0.2, 0) is 26.1 Å². The van der Waals surface area contributed by atoms with Gasteiger partial charge in [0.2, 0.25) is 0 Å². The number of nitrogens with zero attached hydrogens (tertiary/aromatic N) is 4. The summed E-state index contributed by atoms with van der Waals surface area (Å²) in [7, 11) is 0. The van der Waals surface area contributed by atoms with E-state index in [2.05, 4.69) is 44.9 Å². The molecule has 4 heterocycles. The fourth-order valence-corrected chi connectivity index (χ4v) is 5.25. The number of aromatic nitrogens is 3. The number of nitrogens with one attached hydrogen (secondary N) is 2. The molecule has 42 heavy (non-hydrogen) atoms. The Balaban J connectivity index is 1.15. The van der Waals surface area contributed by atoms with Gasteiger partial charge in [-0.15, -0.1) is 0 Å². The van der Waals surface area contributed by atoms with Gasteiger partial charge in [-0.05, 0) is 65.9 Å². The average Bonchev–Trinajstić information content (AvgIpc) is 3.36. The van der Waals surface area contributed by atoms with E-state index in [-0.39, 0.29) is 11.8 Å². The lowest BCUT2D eigenvalue weighted by molar-refractivity contribution is 0.0941. The number of pyridine rings is 2. The summed E-state index contributed by atoms with van der Waals surface area (Å²) in [5, 5.41) is 6.35. The van der Waals surface area contributed by atoms with Gasteiger partial charge in [0.1, 0.15) is 11.5 Å². The average molecular weight is 557 g/mol. The van der Waals surface area contributed by atoms with Crippen LogP contribution in [0.3, 0.4) is 0 Å². The zero-order chi connectivity index (χ0) is 28.7. The van der Waals surface area contributed by atoms with Crippen molar-refractivity contribution in [1.29, 1.82) is 0 Å². The molecule has 1 aliphatic rings. The third-order valence-corrected chi connectivity index (χ3v) is 7.46. The molecule has 0 atom stereocenters. The number of rotatable bonds is 9. The first-order chi connectivity index (χ1) is 20.7. The minimum absolute atomic E-state index is 0.136. The fraction of sp³-hybridized carbons (Fsp3) is 0.176. The molecule has 0 radical (unpaired) electrons. The molecule has 0 fully saturated rings. The van der Waals surface area contributed by atoms with Gasteiger partial charge >= 0.3 is 0 Å². The number of anilines is 2. The maximum Gasteiger partial charge on any atom is 0.268 e. The van der Waals surface area contributed by atoms with Gasteiger partial charge < -0.3 is 20.1 Å². The Bertz CT molecular complexity index is 1670. The van der Waals surface area contributed by atoms with Crippen molar-refractivity contribution in [1.82, 2.24) is 19.9 Å². The highest BCUT2D eigenvalue weighted by Crippen LogP contribution is 2.30. The van der Waals surface area contributed by atoms with E-state index in [9.17, 15) is 9.59 Å². The van der Waals surface area contributed by atoms with Crippen LogP contribution >= 0.6 is 0 Å². The number of carbonyl (C=O) groups excluding carboxylic acids is 2. The van der Waals surface area contributed by atoms with E-state index in [1.54, 1.807) is 23.5 Å². The molecule has 8 heteroatoms. The van der Waals surface area contributed by atoms with Gasteiger partial charge in [-0.3, -0.25) is 14.6 Å². The minimum atomic E-state index is -0.168. The van der Waals surface area contributed by atoms with E-state index in [0.717, 1.165) is 47.7 Å². The molecular formula is C34H32N6O2. The number of hydrogen-bond acceptors (Lipinski definition) is 5. The van der Waals surface area contributed by atoms with Crippen LogP contribution in [0.4, 0.5) is 11.5 Å². The maximum atomic E-state index is 13.8. The lowest BCUT2D eigenvalue weighted by Gasteiger charge is -2.22. The summed E-state index contributed by atoms with van der Waals surface area (Å²) in [4.78, 5) is 37.4. The molecular weight excluding hydrogens is 524 g/mol. The van der Waals surface area contributed by atoms with Gasteiger partial charge in [-0.1, -0.05) is 54.6 Å². The topological polar surface area (TPSA) is 92.2 Å². The fourth-order valence-electron chi connectivity index (χ4n) is 5.25. The zero-order valence-corrected chi connectivity index (χ0v) is 23.2. The number of hydrogen-bond donors (Lipinski definition) is 2. The van der Waals surface area contributed by atoms with Crippen molar-refractivity contribution in [2.75, 3.05) is 16.8 Å². The molecule has 2 N–H and O–H groups in total. The van der Waals surface area contributed by atoms with Gasteiger partial charge in [0.15, 0.2) is 0 Å². The summed E-state index contributed by atoms with van der Waals surface area (Å²) in [5.41, 5.74) is 5.99. The molecule has 0 saturated heterocycles. The quantitative estimate of drug-likeness (QED) is 0.235. The Morgan fingerprint density at radius 1 is 0.810 bits per heavy atom. The van der Waals surface area contributed by atoms with E-state index in [1.165, 1.54) is 5.56 Å². The number of benzene rings is 2. The van der Waals surface area contributed by atoms with Crippen LogP contribution in [0.1, 0.15) is 49.7 Å². The highest BCUT2D eigenvalue weighted by molar-refractivity contribution is 6.06. The van der Waals surface area contributed by atoms with Crippen molar-refractivity contribution in [3.05, 3.63) is 143 Å². The first-order valence-corrected chi connectivity index (χ1v) is 14.1. The second kappa shape index (κ2) is 12.5. The summed E-state index contributed by atoms with van der Waals surface area (Å²) in [6.45, 7) is 2.01. The predicted molar refractivity (Wildman–Crippen MR) is 163 cm³/mol. The van der Waals surface area contributed by atoms with E-state index in [4.69, 9.17) is 0 Å². The molecule has 3 aromatic heterocycles. The first-order valence-electron chi connectivity index (χ1n) is 14.1. The summed E-state index contributed by atoms with van der Waals surface area (Å²) in [5.74, 6) is 0.438. The first kappa shape index (κ1) is 27.0. The van der Waals surface area contributed by atoms with Crippen LogP contribution in [0.2, 0.25) is 0 Å². The van der Waals surface area contributed by atoms with Gasteiger partial charge in [0.05, 0.1) is 18.7 Å². The molecule has 0 spiro atoms. The second-order valence-electron chi connectivity index (χ2n) is 10.3. The van der Waals surface area contributed by atoms with E-state index in [0.29, 0.717) is 30.9 Å². The van der Waals surface area contributed by atoms with Crippen LogP contribution in [-0.4, -0.2) is 32.9 Å². The summed E-state index contributed by atoms with van der Waals surface area (Å²) >= 11 is 0.